The number of aliphatic hydroxyl groups is 3. The van der Waals surface area contributed by atoms with Crippen molar-refractivity contribution >= 4 is 5.97 Å². The number of ether oxygens (including phenoxy) is 2. The van der Waals surface area contributed by atoms with Gasteiger partial charge in [-0.1, -0.05) is 44.8 Å². The quantitative estimate of drug-likeness (QED) is 0.265. The Hall–Kier alpha value is -0.950. The van der Waals surface area contributed by atoms with Crippen LogP contribution < -0.4 is 0 Å². The highest BCUT2D eigenvalue weighted by atomic mass is 16.6. The van der Waals surface area contributed by atoms with Crippen molar-refractivity contribution in [3.63, 3.8) is 0 Å². The molecule has 1 rings (SSSR count). The Morgan fingerprint density at radius 3 is 2.48 bits per heavy atom. The lowest BCUT2D eigenvalue weighted by atomic mass is 10.1. The highest BCUT2D eigenvalue weighted by Crippen LogP contribution is 2.20. The summed E-state index contributed by atoms with van der Waals surface area (Å²) in [5, 5.41) is 28.5. The molecule has 25 heavy (non-hydrogen) atoms. The average molecular weight is 358 g/mol. The smallest absolute Gasteiger partial charge is 0.306 e. The molecular formula is C19H34O6. The van der Waals surface area contributed by atoms with Gasteiger partial charge in [0.25, 0.3) is 0 Å². The van der Waals surface area contributed by atoms with E-state index in [4.69, 9.17) is 9.47 Å². The van der Waals surface area contributed by atoms with Crippen molar-refractivity contribution in [2.75, 3.05) is 13.2 Å². The third kappa shape index (κ3) is 8.81. The second-order valence-electron chi connectivity index (χ2n) is 6.63. The molecule has 0 aromatic rings. The van der Waals surface area contributed by atoms with Gasteiger partial charge in [-0.2, -0.15) is 0 Å². The van der Waals surface area contributed by atoms with E-state index in [-0.39, 0.29) is 13.0 Å². The largest absolute Gasteiger partial charge is 0.457 e. The van der Waals surface area contributed by atoms with Crippen LogP contribution in [0.15, 0.2) is 12.2 Å². The minimum absolute atomic E-state index is 0.0203. The van der Waals surface area contributed by atoms with Gasteiger partial charge in [0.2, 0.25) is 0 Å². The Labute approximate surface area is 150 Å². The van der Waals surface area contributed by atoms with Crippen molar-refractivity contribution in [1.82, 2.24) is 0 Å². The average Bonchev–Trinajstić information content (AvgIpc) is 2.93. The number of rotatable bonds is 13. The van der Waals surface area contributed by atoms with E-state index in [1.807, 2.05) is 0 Å². The van der Waals surface area contributed by atoms with Gasteiger partial charge in [-0.3, -0.25) is 4.79 Å². The van der Waals surface area contributed by atoms with E-state index < -0.39 is 37.0 Å². The molecule has 0 aliphatic carbocycles. The van der Waals surface area contributed by atoms with Crippen molar-refractivity contribution in [2.45, 2.75) is 89.1 Å². The number of esters is 1. The van der Waals surface area contributed by atoms with Crippen LogP contribution >= 0.6 is 0 Å². The molecular weight excluding hydrogens is 324 g/mol. The molecule has 0 unspecified atom stereocenters. The summed E-state index contributed by atoms with van der Waals surface area (Å²) in [4.78, 5) is 11.9. The number of carbonyl (C=O) groups excluding carboxylic acids is 1. The van der Waals surface area contributed by atoms with E-state index >= 15 is 0 Å². The molecule has 0 bridgehead atoms. The van der Waals surface area contributed by atoms with Crippen molar-refractivity contribution in [1.29, 1.82) is 0 Å². The van der Waals surface area contributed by atoms with Crippen LogP contribution in [0.3, 0.4) is 0 Å². The number of allylic oxidation sites excluding steroid dienone is 2. The SMILES string of the molecule is CCCC=CCCCCCCCC(=O)O[C@H](CO)[C@H]1OC[C@H](O)[C@H]1O. The van der Waals surface area contributed by atoms with Gasteiger partial charge >= 0.3 is 5.97 Å². The molecule has 0 saturated carbocycles. The molecule has 1 fully saturated rings. The number of hydrogen-bond acceptors (Lipinski definition) is 6. The van der Waals surface area contributed by atoms with Crippen molar-refractivity contribution in [3.05, 3.63) is 12.2 Å². The van der Waals surface area contributed by atoms with Crippen LogP contribution in [0, 0.1) is 0 Å². The molecule has 0 aromatic carbocycles. The topological polar surface area (TPSA) is 96.2 Å². The van der Waals surface area contributed by atoms with E-state index in [1.54, 1.807) is 0 Å². The first-order valence-corrected chi connectivity index (χ1v) is 9.53. The van der Waals surface area contributed by atoms with Crippen molar-refractivity contribution < 1.29 is 29.6 Å². The van der Waals surface area contributed by atoms with Gasteiger partial charge in [0.1, 0.15) is 18.3 Å². The Morgan fingerprint density at radius 2 is 1.84 bits per heavy atom. The van der Waals surface area contributed by atoms with Gasteiger partial charge in [-0.25, -0.2) is 0 Å². The van der Waals surface area contributed by atoms with Gasteiger partial charge in [0.05, 0.1) is 13.2 Å². The van der Waals surface area contributed by atoms with Crippen molar-refractivity contribution in [3.8, 4) is 0 Å². The van der Waals surface area contributed by atoms with Crippen LogP contribution in [0.1, 0.15) is 64.7 Å². The second-order valence-corrected chi connectivity index (χ2v) is 6.63. The minimum atomic E-state index is -1.14. The fourth-order valence-corrected chi connectivity index (χ4v) is 2.85. The summed E-state index contributed by atoms with van der Waals surface area (Å²) < 4.78 is 10.4. The van der Waals surface area contributed by atoms with Crippen molar-refractivity contribution in [2.24, 2.45) is 0 Å². The molecule has 1 aliphatic heterocycles. The Balaban J connectivity index is 2.08. The predicted molar refractivity (Wildman–Crippen MR) is 95.1 cm³/mol. The molecule has 1 heterocycles. The maximum atomic E-state index is 11.9. The summed E-state index contributed by atoms with van der Waals surface area (Å²) in [5.74, 6) is -0.404. The molecule has 4 atom stereocenters. The number of carbonyl (C=O) groups is 1. The zero-order chi connectivity index (χ0) is 18.5. The molecule has 1 aliphatic rings. The zero-order valence-corrected chi connectivity index (χ0v) is 15.3. The Kier molecular flexibility index (Phi) is 11.7. The molecule has 0 amide bonds. The highest BCUT2D eigenvalue weighted by Gasteiger charge is 2.41. The van der Waals surface area contributed by atoms with E-state index in [0.717, 1.165) is 38.5 Å². The van der Waals surface area contributed by atoms with Crippen LogP contribution in [0.4, 0.5) is 0 Å². The van der Waals surface area contributed by atoms with E-state index in [9.17, 15) is 20.1 Å². The summed E-state index contributed by atoms with van der Waals surface area (Å²) in [6.45, 7) is 1.71. The number of aliphatic hydroxyl groups excluding tert-OH is 3. The molecule has 0 radical (unpaired) electrons. The van der Waals surface area contributed by atoms with Crippen LogP contribution in [0.5, 0.6) is 0 Å². The number of unbranched alkanes of at least 4 members (excludes halogenated alkanes) is 6. The lowest BCUT2D eigenvalue weighted by molar-refractivity contribution is -0.162. The zero-order valence-electron chi connectivity index (χ0n) is 15.3. The summed E-state index contributed by atoms with van der Waals surface area (Å²) >= 11 is 0. The molecule has 0 spiro atoms. The standard InChI is InChI=1S/C19H34O6/c1-2-3-4-5-6-7-8-9-10-11-12-17(22)25-16(13-20)19-18(23)15(21)14-24-19/h4-5,15-16,18-21,23H,2-3,6-14H2,1H3/t15-,16+,18+,19+/m0/s1. The molecule has 0 aromatic heterocycles. The van der Waals surface area contributed by atoms with Crippen LogP contribution in [0.2, 0.25) is 0 Å². The van der Waals surface area contributed by atoms with E-state index in [2.05, 4.69) is 19.1 Å². The highest BCUT2D eigenvalue weighted by molar-refractivity contribution is 5.69. The lowest BCUT2D eigenvalue weighted by Gasteiger charge is -2.24. The van der Waals surface area contributed by atoms with Crippen LogP contribution in [-0.4, -0.2) is 58.9 Å². The Morgan fingerprint density at radius 1 is 1.16 bits per heavy atom. The summed E-state index contributed by atoms with van der Waals surface area (Å²) in [6.07, 6.45) is 9.42. The van der Waals surface area contributed by atoms with Gasteiger partial charge in [0, 0.05) is 6.42 Å². The maximum absolute atomic E-state index is 11.9. The predicted octanol–water partition coefficient (Wildman–Crippen LogP) is 2.10. The summed E-state index contributed by atoms with van der Waals surface area (Å²) in [6, 6.07) is 0. The fraction of sp³-hybridized carbons (Fsp3) is 0.842. The maximum Gasteiger partial charge on any atom is 0.306 e. The van der Waals surface area contributed by atoms with Gasteiger partial charge in [-0.05, 0) is 25.7 Å². The first-order valence-electron chi connectivity index (χ1n) is 9.53. The van der Waals surface area contributed by atoms with Gasteiger partial charge < -0.3 is 24.8 Å². The Bertz CT molecular complexity index is 384. The second kappa shape index (κ2) is 13.3. The minimum Gasteiger partial charge on any atom is -0.457 e. The van der Waals surface area contributed by atoms with Crippen LogP contribution in [-0.2, 0) is 14.3 Å². The van der Waals surface area contributed by atoms with E-state index in [0.29, 0.717) is 0 Å². The monoisotopic (exact) mass is 358 g/mol. The molecule has 6 nitrogen and oxygen atoms in total. The molecule has 146 valence electrons. The fourth-order valence-electron chi connectivity index (χ4n) is 2.85. The third-order valence-electron chi connectivity index (χ3n) is 4.39. The van der Waals surface area contributed by atoms with Gasteiger partial charge in [-0.15, -0.1) is 0 Å². The molecule has 6 heteroatoms. The third-order valence-corrected chi connectivity index (χ3v) is 4.39. The molecule has 1 saturated heterocycles. The van der Waals surface area contributed by atoms with E-state index in [1.165, 1.54) is 12.8 Å². The first-order chi connectivity index (χ1) is 12.1. The lowest BCUT2D eigenvalue weighted by Crippen LogP contribution is -2.43. The molecule has 3 N–H and O–H groups in total. The number of hydrogen-bond donors (Lipinski definition) is 3. The van der Waals surface area contributed by atoms with Crippen LogP contribution in [0.25, 0.3) is 0 Å². The summed E-state index contributed by atoms with van der Waals surface area (Å²) in [5.41, 5.74) is 0. The first kappa shape index (κ1) is 22.1. The normalized spacial score (nSPS) is 24.7. The summed E-state index contributed by atoms with van der Waals surface area (Å²) in [7, 11) is 0. The van der Waals surface area contributed by atoms with Gasteiger partial charge in [0.15, 0.2) is 6.10 Å².